The number of hydrogen-bond donors (Lipinski definition) is 2. The van der Waals surface area contributed by atoms with Crippen LogP contribution in [0.3, 0.4) is 0 Å². The molecule has 0 saturated carbocycles. The summed E-state index contributed by atoms with van der Waals surface area (Å²) in [6, 6.07) is 6.06. The SMILES string of the molecule is OB(Cl)Oc1ccc(OB(O)Cl)cc1. The lowest BCUT2D eigenvalue weighted by atomic mass is 10.3. The van der Waals surface area contributed by atoms with Crippen LogP contribution in [-0.4, -0.2) is 23.1 Å². The van der Waals surface area contributed by atoms with E-state index < -0.39 is 13.1 Å². The fraction of sp³-hybridized carbons (Fsp3) is 0. The van der Waals surface area contributed by atoms with Gasteiger partial charge in [0.2, 0.25) is 0 Å². The Balaban J connectivity index is 2.59. The van der Waals surface area contributed by atoms with Gasteiger partial charge in [0.1, 0.15) is 11.5 Å². The van der Waals surface area contributed by atoms with Gasteiger partial charge in [-0.3, -0.25) is 0 Å². The van der Waals surface area contributed by atoms with Crippen molar-refractivity contribution in [2.24, 2.45) is 0 Å². The summed E-state index contributed by atoms with van der Waals surface area (Å²) in [5, 5.41) is 17.3. The summed E-state index contributed by atoms with van der Waals surface area (Å²) < 4.78 is 9.49. The van der Waals surface area contributed by atoms with E-state index in [0.29, 0.717) is 11.5 Å². The average molecular weight is 235 g/mol. The third-order valence-corrected chi connectivity index (χ3v) is 1.47. The summed E-state index contributed by atoms with van der Waals surface area (Å²) in [6.45, 7) is -2.78. The Morgan fingerprint density at radius 2 is 1.14 bits per heavy atom. The molecular weight excluding hydrogens is 229 g/mol. The molecule has 1 aromatic rings. The van der Waals surface area contributed by atoms with E-state index >= 15 is 0 Å². The maximum Gasteiger partial charge on any atom is 0.639 e. The minimum atomic E-state index is -1.39. The molecule has 0 aromatic heterocycles. The number of rotatable bonds is 4. The summed E-state index contributed by atoms with van der Waals surface area (Å²) >= 11 is 10.4. The van der Waals surface area contributed by atoms with Crippen LogP contribution in [0.4, 0.5) is 0 Å². The van der Waals surface area contributed by atoms with E-state index in [4.69, 9.17) is 42.3 Å². The molecular formula is C6H6B2Cl2O4. The molecule has 1 aromatic carbocycles. The highest BCUT2D eigenvalue weighted by Crippen LogP contribution is 2.18. The van der Waals surface area contributed by atoms with E-state index in [1.54, 1.807) is 0 Å². The molecule has 2 N–H and O–H groups in total. The summed E-state index contributed by atoms with van der Waals surface area (Å²) in [4.78, 5) is 0. The van der Waals surface area contributed by atoms with Gasteiger partial charge >= 0.3 is 13.1 Å². The zero-order valence-electron chi connectivity index (χ0n) is 6.93. The zero-order chi connectivity index (χ0) is 10.6. The van der Waals surface area contributed by atoms with Crippen molar-refractivity contribution in [2.45, 2.75) is 0 Å². The van der Waals surface area contributed by atoms with Gasteiger partial charge in [-0.15, -0.1) is 22.9 Å². The van der Waals surface area contributed by atoms with Crippen molar-refractivity contribution in [2.75, 3.05) is 0 Å². The average Bonchev–Trinajstić information content (AvgIpc) is 2.06. The molecule has 0 atom stereocenters. The van der Waals surface area contributed by atoms with Gasteiger partial charge in [0.15, 0.2) is 0 Å². The second-order valence-electron chi connectivity index (χ2n) is 2.29. The van der Waals surface area contributed by atoms with E-state index in [1.807, 2.05) is 0 Å². The largest absolute Gasteiger partial charge is 0.639 e. The van der Waals surface area contributed by atoms with Crippen LogP contribution in [0.15, 0.2) is 24.3 Å². The first-order valence-electron chi connectivity index (χ1n) is 3.65. The lowest BCUT2D eigenvalue weighted by Crippen LogP contribution is -2.14. The van der Waals surface area contributed by atoms with Crippen LogP contribution in [0.25, 0.3) is 0 Å². The predicted molar refractivity (Wildman–Crippen MR) is 55.3 cm³/mol. The maximum atomic E-state index is 8.67. The number of halogens is 2. The van der Waals surface area contributed by atoms with Gasteiger partial charge < -0.3 is 19.4 Å². The Bertz CT molecular complexity index is 251. The second-order valence-corrected chi connectivity index (χ2v) is 3.04. The number of hydrogen-bond acceptors (Lipinski definition) is 4. The molecule has 1 rings (SSSR count). The normalized spacial score (nSPS) is 9.43. The minimum Gasteiger partial charge on any atom is -0.523 e. The zero-order valence-corrected chi connectivity index (χ0v) is 8.44. The van der Waals surface area contributed by atoms with Crippen molar-refractivity contribution in [1.82, 2.24) is 0 Å². The molecule has 0 unspecified atom stereocenters. The summed E-state index contributed by atoms with van der Waals surface area (Å²) in [6.07, 6.45) is 0. The Kier molecular flexibility index (Phi) is 4.41. The second kappa shape index (κ2) is 5.36. The van der Waals surface area contributed by atoms with Gasteiger partial charge in [-0.25, -0.2) is 0 Å². The van der Waals surface area contributed by atoms with Crippen LogP contribution < -0.4 is 9.31 Å². The van der Waals surface area contributed by atoms with Gasteiger partial charge in [-0.1, -0.05) is 0 Å². The van der Waals surface area contributed by atoms with Crippen molar-refractivity contribution in [3.8, 4) is 11.5 Å². The highest BCUT2D eigenvalue weighted by atomic mass is 35.5. The van der Waals surface area contributed by atoms with Gasteiger partial charge in [0.25, 0.3) is 0 Å². The Morgan fingerprint density at radius 1 is 0.857 bits per heavy atom. The van der Waals surface area contributed by atoms with E-state index in [9.17, 15) is 0 Å². The first kappa shape index (κ1) is 11.5. The molecule has 0 aliphatic heterocycles. The molecule has 0 saturated heterocycles. The van der Waals surface area contributed by atoms with Crippen LogP contribution >= 0.6 is 22.9 Å². The van der Waals surface area contributed by atoms with E-state index in [-0.39, 0.29) is 0 Å². The molecule has 0 amide bonds. The third kappa shape index (κ3) is 4.11. The molecule has 74 valence electrons. The lowest BCUT2D eigenvalue weighted by Gasteiger charge is -2.07. The molecule has 14 heavy (non-hydrogen) atoms. The first-order valence-corrected chi connectivity index (χ1v) is 4.53. The molecule has 0 bridgehead atoms. The summed E-state index contributed by atoms with van der Waals surface area (Å²) in [5.74, 6) is 0.757. The number of benzene rings is 1. The molecule has 0 fully saturated rings. The Hall–Kier alpha value is -0.550. The predicted octanol–water partition coefficient (Wildman–Crippen LogP) is 0.876. The Labute approximate surface area is 91.5 Å². The van der Waals surface area contributed by atoms with Gasteiger partial charge in [-0.05, 0) is 24.3 Å². The lowest BCUT2D eigenvalue weighted by molar-refractivity contribution is 0.434. The third-order valence-electron chi connectivity index (χ3n) is 1.29. The molecule has 0 radical (unpaired) electrons. The van der Waals surface area contributed by atoms with Crippen molar-refractivity contribution in [3.05, 3.63) is 24.3 Å². The molecule has 0 spiro atoms. The van der Waals surface area contributed by atoms with Crippen molar-refractivity contribution in [3.63, 3.8) is 0 Å². The summed E-state index contributed by atoms with van der Waals surface area (Å²) in [5.41, 5.74) is 0. The van der Waals surface area contributed by atoms with Crippen LogP contribution in [0.1, 0.15) is 0 Å². The Morgan fingerprint density at radius 3 is 1.36 bits per heavy atom. The van der Waals surface area contributed by atoms with Crippen LogP contribution in [0.2, 0.25) is 0 Å². The van der Waals surface area contributed by atoms with Crippen molar-refractivity contribution < 1.29 is 19.4 Å². The summed E-state index contributed by atoms with van der Waals surface area (Å²) in [7, 11) is 0. The van der Waals surface area contributed by atoms with E-state index in [0.717, 1.165) is 0 Å². The topological polar surface area (TPSA) is 58.9 Å². The monoisotopic (exact) mass is 234 g/mol. The molecule has 0 aliphatic carbocycles. The maximum absolute atomic E-state index is 8.67. The standard InChI is InChI=1S/C6H6B2Cl2O4/c9-7(11)13-5-1-2-6(4-3-5)14-8(10)12/h1-4,11-12H. The van der Waals surface area contributed by atoms with E-state index in [2.05, 4.69) is 0 Å². The highest BCUT2D eigenvalue weighted by molar-refractivity contribution is 6.99. The quantitative estimate of drug-likeness (QED) is 0.760. The minimum absolute atomic E-state index is 0.379. The fourth-order valence-corrected chi connectivity index (χ4v) is 1.03. The highest BCUT2D eigenvalue weighted by Gasteiger charge is 2.12. The first-order chi connectivity index (χ1) is 6.58. The van der Waals surface area contributed by atoms with Crippen LogP contribution in [0, 0.1) is 0 Å². The van der Waals surface area contributed by atoms with Crippen LogP contribution in [-0.2, 0) is 0 Å². The molecule has 0 aliphatic rings. The molecule has 4 nitrogen and oxygen atoms in total. The van der Waals surface area contributed by atoms with E-state index in [1.165, 1.54) is 24.3 Å². The van der Waals surface area contributed by atoms with Crippen LogP contribution in [0.5, 0.6) is 11.5 Å². The molecule has 0 heterocycles. The van der Waals surface area contributed by atoms with Gasteiger partial charge in [-0.2, -0.15) is 0 Å². The van der Waals surface area contributed by atoms with Gasteiger partial charge in [0, 0.05) is 0 Å². The van der Waals surface area contributed by atoms with Crippen molar-refractivity contribution in [1.29, 1.82) is 0 Å². The molecule has 8 heteroatoms. The van der Waals surface area contributed by atoms with Gasteiger partial charge in [0.05, 0.1) is 0 Å². The smallest absolute Gasteiger partial charge is 0.523 e. The van der Waals surface area contributed by atoms with Crippen molar-refractivity contribution >= 4 is 36.0 Å². The fourth-order valence-electron chi connectivity index (χ4n) is 0.821.